The molecule has 1 heterocycles. The van der Waals surface area contributed by atoms with Crippen LogP contribution in [0.4, 0.5) is 0 Å². The van der Waals surface area contributed by atoms with E-state index in [1.807, 2.05) is 6.07 Å². The van der Waals surface area contributed by atoms with E-state index in [0.29, 0.717) is 31.1 Å². The SMILES string of the molecule is COCCCOc1cc(CC(CC2COC(C)(C)N2)C(C)C)ccc1OC. The van der Waals surface area contributed by atoms with Crippen LogP contribution in [0.3, 0.4) is 0 Å². The Bertz CT molecular complexity index is 573. The molecule has 0 amide bonds. The molecule has 27 heavy (non-hydrogen) atoms. The molecule has 0 bridgehead atoms. The Morgan fingerprint density at radius 1 is 1.19 bits per heavy atom. The first kappa shape index (κ1) is 22.0. The van der Waals surface area contributed by atoms with E-state index in [0.717, 1.165) is 37.4 Å². The average Bonchev–Trinajstić information content (AvgIpc) is 2.97. The Hall–Kier alpha value is -1.30. The quantitative estimate of drug-likeness (QED) is 0.588. The molecule has 2 atom stereocenters. The summed E-state index contributed by atoms with van der Waals surface area (Å²) in [6.07, 6.45) is 2.99. The van der Waals surface area contributed by atoms with Crippen LogP contribution in [0.2, 0.25) is 0 Å². The summed E-state index contributed by atoms with van der Waals surface area (Å²) in [5, 5.41) is 3.59. The van der Waals surface area contributed by atoms with E-state index >= 15 is 0 Å². The molecule has 154 valence electrons. The van der Waals surface area contributed by atoms with Crippen LogP contribution in [0, 0.1) is 11.8 Å². The van der Waals surface area contributed by atoms with Gasteiger partial charge in [-0.3, -0.25) is 5.32 Å². The number of methoxy groups -OCH3 is 2. The smallest absolute Gasteiger partial charge is 0.161 e. The Labute approximate surface area is 164 Å². The molecule has 2 unspecified atom stereocenters. The highest BCUT2D eigenvalue weighted by atomic mass is 16.5. The predicted molar refractivity (Wildman–Crippen MR) is 109 cm³/mol. The van der Waals surface area contributed by atoms with Crippen molar-refractivity contribution >= 4 is 0 Å². The summed E-state index contributed by atoms with van der Waals surface area (Å²) in [6, 6.07) is 6.70. The van der Waals surface area contributed by atoms with Gasteiger partial charge in [-0.1, -0.05) is 19.9 Å². The summed E-state index contributed by atoms with van der Waals surface area (Å²) in [7, 11) is 3.39. The van der Waals surface area contributed by atoms with Crippen LogP contribution in [0.15, 0.2) is 18.2 Å². The van der Waals surface area contributed by atoms with Gasteiger partial charge in [-0.15, -0.1) is 0 Å². The van der Waals surface area contributed by atoms with Gasteiger partial charge in [0, 0.05) is 26.2 Å². The summed E-state index contributed by atoms with van der Waals surface area (Å²) in [6.45, 7) is 10.9. The van der Waals surface area contributed by atoms with Crippen LogP contribution in [0.5, 0.6) is 11.5 Å². The second-order valence-electron chi connectivity index (χ2n) is 8.29. The summed E-state index contributed by atoms with van der Waals surface area (Å²) >= 11 is 0. The molecule has 2 rings (SSSR count). The highest BCUT2D eigenvalue weighted by molar-refractivity contribution is 5.43. The minimum Gasteiger partial charge on any atom is -0.493 e. The third-order valence-corrected chi connectivity index (χ3v) is 5.20. The van der Waals surface area contributed by atoms with Gasteiger partial charge in [0.05, 0.1) is 20.3 Å². The lowest BCUT2D eigenvalue weighted by Crippen LogP contribution is -2.39. The molecule has 1 N–H and O–H groups in total. The molecule has 0 aliphatic carbocycles. The zero-order valence-electron chi connectivity index (χ0n) is 17.8. The lowest BCUT2D eigenvalue weighted by Gasteiger charge is -2.25. The maximum atomic E-state index is 5.94. The normalized spacial score (nSPS) is 20.0. The standard InChI is InChI=1S/C22H37NO4/c1-16(2)18(14-19-15-27-22(3,4)23-19)12-17-8-9-20(25-6)21(13-17)26-11-7-10-24-5/h8-9,13,16,18-19,23H,7,10-12,14-15H2,1-6H3. The Morgan fingerprint density at radius 2 is 1.96 bits per heavy atom. The second kappa shape index (κ2) is 10.3. The van der Waals surface area contributed by atoms with E-state index < -0.39 is 0 Å². The van der Waals surface area contributed by atoms with Crippen LogP contribution in [0.1, 0.15) is 46.1 Å². The van der Waals surface area contributed by atoms with Gasteiger partial charge in [-0.05, 0) is 56.2 Å². The third-order valence-electron chi connectivity index (χ3n) is 5.20. The first-order chi connectivity index (χ1) is 12.8. The first-order valence-electron chi connectivity index (χ1n) is 10.0. The fraction of sp³-hybridized carbons (Fsp3) is 0.727. The number of ether oxygens (including phenoxy) is 4. The molecule has 1 fully saturated rings. The van der Waals surface area contributed by atoms with Crippen molar-refractivity contribution in [2.45, 2.75) is 58.7 Å². The van der Waals surface area contributed by atoms with Gasteiger partial charge >= 0.3 is 0 Å². The Kier molecular flexibility index (Phi) is 8.39. The van der Waals surface area contributed by atoms with E-state index in [-0.39, 0.29) is 5.72 Å². The highest BCUT2D eigenvalue weighted by Crippen LogP contribution is 2.32. The molecule has 5 nitrogen and oxygen atoms in total. The van der Waals surface area contributed by atoms with Crippen LogP contribution in [-0.4, -0.2) is 45.8 Å². The van der Waals surface area contributed by atoms with Crippen LogP contribution in [-0.2, 0) is 15.9 Å². The molecule has 0 saturated carbocycles. The summed E-state index contributed by atoms with van der Waals surface area (Å²) in [5.74, 6) is 2.78. The van der Waals surface area contributed by atoms with Crippen molar-refractivity contribution in [3.63, 3.8) is 0 Å². The Morgan fingerprint density at radius 3 is 2.56 bits per heavy atom. The molecule has 1 saturated heterocycles. The van der Waals surface area contributed by atoms with Crippen molar-refractivity contribution in [3.05, 3.63) is 23.8 Å². The van der Waals surface area contributed by atoms with E-state index in [2.05, 4.69) is 45.1 Å². The summed E-state index contributed by atoms with van der Waals surface area (Å²) < 4.78 is 22.3. The molecule has 0 spiro atoms. The Balaban J connectivity index is 2.01. The zero-order valence-corrected chi connectivity index (χ0v) is 17.8. The third kappa shape index (κ3) is 6.98. The minimum absolute atomic E-state index is 0.213. The van der Waals surface area contributed by atoms with Crippen molar-refractivity contribution < 1.29 is 18.9 Å². The van der Waals surface area contributed by atoms with Gasteiger partial charge in [-0.2, -0.15) is 0 Å². The molecule has 0 radical (unpaired) electrons. The van der Waals surface area contributed by atoms with Gasteiger partial charge in [-0.25, -0.2) is 0 Å². The number of hydrogen-bond acceptors (Lipinski definition) is 5. The predicted octanol–water partition coefficient (Wildman–Crippen LogP) is 4.04. The van der Waals surface area contributed by atoms with E-state index in [1.54, 1.807) is 14.2 Å². The van der Waals surface area contributed by atoms with Crippen molar-refractivity contribution in [2.75, 3.05) is 34.0 Å². The maximum absolute atomic E-state index is 5.94. The number of hydrogen-bond donors (Lipinski definition) is 1. The van der Waals surface area contributed by atoms with E-state index in [1.165, 1.54) is 5.56 Å². The van der Waals surface area contributed by atoms with Gasteiger partial charge in [0.1, 0.15) is 5.72 Å². The van der Waals surface area contributed by atoms with Gasteiger partial charge in [0.15, 0.2) is 11.5 Å². The molecule has 1 aromatic rings. The molecular formula is C22H37NO4. The largest absolute Gasteiger partial charge is 0.493 e. The fourth-order valence-corrected chi connectivity index (χ4v) is 3.62. The van der Waals surface area contributed by atoms with Crippen molar-refractivity contribution in [1.82, 2.24) is 5.32 Å². The number of benzene rings is 1. The second-order valence-corrected chi connectivity index (χ2v) is 8.29. The summed E-state index contributed by atoms with van der Waals surface area (Å²) in [5.41, 5.74) is 1.07. The fourth-order valence-electron chi connectivity index (χ4n) is 3.62. The average molecular weight is 380 g/mol. The van der Waals surface area contributed by atoms with Crippen molar-refractivity contribution in [2.24, 2.45) is 11.8 Å². The molecule has 1 aromatic carbocycles. The monoisotopic (exact) mass is 379 g/mol. The molecule has 0 aromatic heterocycles. The summed E-state index contributed by atoms with van der Waals surface area (Å²) in [4.78, 5) is 0. The minimum atomic E-state index is -0.213. The number of nitrogens with one attached hydrogen (secondary N) is 1. The van der Waals surface area contributed by atoms with Crippen molar-refractivity contribution in [1.29, 1.82) is 0 Å². The van der Waals surface area contributed by atoms with E-state index in [4.69, 9.17) is 18.9 Å². The zero-order chi connectivity index (χ0) is 19.9. The highest BCUT2D eigenvalue weighted by Gasteiger charge is 2.32. The lowest BCUT2D eigenvalue weighted by atomic mass is 9.84. The van der Waals surface area contributed by atoms with Gasteiger partial charge in [0.25, 0.3) is 0 Å². The first-order valence-corrected chi connectivity index (χ1v) is 10.0. The van der Waals surface area contributed by atoms with Crippen LogP contribution >= 0.6 is 0 Å². The maximum Gasteiger partial charge on any atom is 0.161 e. The molecular weight excluding hydrogens is 342 g/mol. The van der Waals surface area contributed by atoms with Crippen LogP contribution in [0.25, 0.3) is 0 Å². The molecule has 1 aliphatic heterocycles. The van der Waals surface area contributed by atoms with Gasteiger partial charge in [0.2, 0.25) is 0 Å². The van der Waals surface area contributed by atoms with Crippen molar-refractivity contribution in [3.8, 4) is 11.5 Å². The van der Waals surface area contributed by atoms with Crippen LogP contribution < -0.4 is 14.8 Å². The van der Waals surface area contributed by atoms with E-state index in [9.17, 15) is 0 Å². The molecule has 5 heteroatoms. The topological polar surface area (TPSA) is 49.0 Å². The molecule has 1 aliphatic rings. The lowest BCUT2D eigenvalue weighted by molar-refractivity contribution is 0.0230. The van der Waals surface area contributed by atoms with Gasteiger partial charge < -0.3 is 18.9 Å². The number of rotatable bonds is 11.